The maximum absolute atomic E-state index is 5.87. The zero-order valence-electron chi connectivity index (χ0n) is 13.2. The van der Waals surface area contributed by atoms with Crippen LogP contribution in [-0.4, -0.2) is 42.7 Å². The summed E-state index contributed by atoms with van der Waals surface area (Å²) in [5, 5.41) is 0. The molecular weight excluding hydrogens is 266 g/mol. The van der Waals surface area contributed by atoms with E-state index in [1.54, 1.807) is 12.1 Å². The van der Waals surface area contributed by atoms with Crippen LogP contribution in [0.25, 0.3) is 0 Å². The molecule has 0 saturated carbocycles. The molecule has 0 aromatic carbocycles. The molecule has 1 aromatic heterocycles. The maximum atomic E-state index is 5.87. The van der Waals surface area contributed by atoms with Crippen LogP contribution in [0.3, 0.4) is 0 Å². The summed E-state index contributed by atoms with van der Waals surface area (Å²) in [5.74, 6) is 1.49. The van der Waals surface area contributed by atoms with Crippen molar-refractivity contribution in [2.24, 2.45) is 5.92 Å². The largest absolute Gasteiger partial charge is 0.476 e. The number of hydrogen-bond donors (Lipinski definition) is 1. The highest BCUT2D eigenvalue weighted by atomic mass is 16.5. The number of nitrogen functional groups attached to an aromatic ring is 1. The molecule has 118 valence electrons. The van der Waals surface area contributed by atoms with Gasteiger partial charge in [-0.15, -0.1) is 0 Å². The van der Waals surface area contributed by atoms with Gasteiger partial charge in [-0.1, -0.05) is 20.3 Å². The number of aromatic nitrogens is 1. The van der Waals surface area contributed by atoms with E-state index in [-0.39, 0.29) is 0 Å². The van der Waals surface area contributed by atoms with Crippen molar-refractivity contribution in [3.05, 3.63) is 12.1 Å². The SMILES string of the molecule is CC(C)COc1nc(OCCN2CCCCC2)ccc1N. The lowest BCUT2D eigenvalue weighted by molar-refractivity contribution is 0.179. The first kappa shape index (κ1) is 15.9. The van der Waals surface area contributed by atoms with Gasteiger partial charge in [-0.05, 0) is 37.9 Å². The number of likely N-dealkylation sites (tertiary alicyclic amines) is 1. The van der Waals surface area contributed by atoms with Gasteiger partial charge in [0.25, 0.3) is 0 Å². The van der Waals surface area contributed by atoms with Gasteiger partial charge in [0.2, 0.25) is 11.8 Å². The second-order valence-corrected chi connectivity index (χ2v) is 6.00. The van der Waals surface area contributed by atoms with Crippen molar-refractivity contribution in [3.8, 4) is 11.8 Å². The summed E-state index contributed by atoms with van der Waals surface area (Å²) < 4.78 is 11.3. The summed E-state index contributed by atoms with van der Waals surface area (Å²) >= 11 is 0. The molecule has 0 spiro atoms. The van der Waals surface area contributed by atoms with E-state index in [1.807, 2.05) is 0 Å². The third-order valence-electron chi connectivity index (χ3n) is 3.52. The Morgan fingerprint density at radius 1 is 1.19 bits per heavy atom. The van der Waals surface area contributed by atoms with E-state index in [2.05, 4.69) is 23.7 Å². The van der Waals surface area contributed by atoms with Crippen LogP contribution in [-0.2, 0) is 0 Å². The Kier molecular flexibility index (Phi) is 6.11. The fourth-order valence-electron chi connectivity index (χ4n) is 2.34. The van der Waals surface area contributed by atoms with Gasteiger partial charge in [0.15, 0.2) is 0 Å². The first-order valence-electron chi connectivity index (χ1n) is 7.89. The predicted molar refractivity (Wildman–Crippen MR) is 84.8 cm³/mol. The standard InChI is InChI=1S/C16H27N3O2/c1-13(2)12-21-16-14(17)6-7-15(18-16)20-11-10-19-8-4-3-5-9-19/h6-7,13H,3-5,8-12,17H2,1-2H3. The molecule has 5 heteroatoms. The Labute approximate surface area is 127 Å². The molecule has 0 unspecified atom stereocenters. The molecule has 2 rings (SSSR count). The maximum Gasteiger partial charge on any atom is 0.240 e. The Morgan fingerprint density at radius 3 is 2.67 bits per heavy atom. The van der Waals surface area contributed by atoms with Crippen LogP contribution in [0.2, 0.25) is 0 Å². The van der Waals surface area contributed by atoms with E-state index in [0.29, 0.717) is 36.6 Å². The van der Waals surface area contributed by atoms with Crippen LogP contribution in [0.5, 0.6) is 11.8 Å². The van der Waals surface area contributed by atoms with E-state index >= 15 is 0 Å². The van der Waals surface area contributed by atoms with Crippen molar-refractivity contribution in [1.82, 2.24) is 9.88 Å². The number of pyridine rings is 1. The van der Waals surface area contributed by atoms with E-state index in [9.17, 15) is 0 Å². The highest BCUT2D eigenvalue weighted by molar-refractivity contribution is 5.49. The second-order valence-electron chi connectivity index (χ2n) is 6.00. The molecule has 5 nitrogen and oxygen atoms in total. The normalized spacial score (nSPS) is 16.1. The Hall–Kier alpha value is -1.49. The number of anilines is 1. The van der Waals surface area contributed by atoms with E-state index in [1.165, 1.54) is 32.4 Å². The van der Waals surface area contributed by atoms with Crippen LogP contribution >= 0.6 is 0 Å². The molecular formula is C16H27N3O2. The van der Waals surface area contributed by atoms with Crippen LogP contribution in [0.15, 0.2) is 12.1 Å². The topological polar surface area (TPSA) is 60.6 Å². The minimum Gasteiger partial charge on any atom is -0.476 e. The highest BCUT2D eigenvalue weighted by Gasteiger charge is 2.10. The summed E-state index contributed by atoms with van der Waals surface area (Å²) in [6, 6.07) is 3.59. The van der Waals surface area contributed by atoms with Crippen molar-refractivity contribution < 1.29 is 9.47 Å². The molecule has 2 N–H and O–H groups in total. The van der Waals surface area contributed by atoms with Crippen LogP contribution in [0.1, 0.15) is 33.1 Å². The van der Waals surface area contributed by atoms with Gasteiger partial charge in [0, 0.05) is 12.6 Å². The molecule has 21 heavy (non-hydrogen) atoms. The highest BCUT2D eigenvalue weighted by Crippen LogP contribution is 2.22. The second kappa shape index (κ2) is 8.08. The molecule has 1 aliphatic heterocycles. The third-order valence-corrected chi connectivity index (χ3v) is 3.52. The van der Waals surface area contributed by atoms with Gasteiger partial charge >= 0.3 is 0 Å². The number of ether oxygens (including phenoxy) is 2. The molecule has 1 aromatic rings. The molecule has 1 saturated heterocycles. The lowest BCUT2D eigenvalue weighted by Crippen LogP contribution is -2.33. The van der Waals surface area contributed by atoms with Crippen LogP contribution in [0, 0.1) is 5.92 Å². The summed E-state index contributed by atoms with van der Waals surface area (Å²) in [7, 11) is 0. The van der Waals surface area contributed by atoms with Crippen molar-refractivity contribution in [2.45, 2.75) is 33.1 Å². The van der Waals surface area contributed by atoms with Gasteiger partial charge in [-0.25, -0.2) is 0 Å². The minimum absolute atomic E-state index is 0.440. The Balaban J connectivity index is 1.80. The van der Waals surface area contributed by atoms with Crippen LogP contribution in [0.4, 0.5) is 5.69 Å². The van der Waals surface area contributed by atoms with E-state index in [4.69, 9.17) is 15.2 Å². The number of hydrogen-bond acceptors (Lipinski definition) is 5. The van der Waals surface area contributed by atoms with Gasteiger partial charge in [-0.2, -0.15) is 4.98 Å². The average Bonchev–Trinajstić information content (AvgIpc) is 2.48. The minimum atomic E-state index is 0.440. The average molecular weight is 293 g/mol. The first-order chi connectivity index (χ1) is 10.1. The number of rotatable bonds is 7. The molecule has 2 heterocycles. The molecule has 0 amide bonds. The smallest absolute Gasteiger partial charge is 0.240 e. The monoisotopic (exact) mass is 293 g/mol. The van der Waals surface area contributed by atoms with Gasteiger partial charge in [-0.3, -0.25) is 4.90 Å². The quantitative estimate of drug-likeness (QED) is 0.837. The van der Waals surface area contributed by atoms with E-state index in [0.717, 1.165) is 6.54 Å². The molecule has 0 radical (unpaired) electrons. The van der Waals surface area contributed by atoms with Gasteiger partial charge in [0.1, 0.15) is 6.61 Å². The number of nitrogens with zero attached hydrogens (tertiary/aromatic N) is 2. The molecule has 0 aliphatic carbocycles. The van der Waals surface area contributed by atoms with Gasteiger partial charge in [0.05, 0.1) is 12.3 Å². The number of piperidine rings is 1. The lowest BCUT2D eigenvalue weighted by atomic mass is 10.1. The van der Waals surface area contributed by atoms with Gasteiger partial charge < -0.3 is 15.2 Å². The van der Waals surface area contributed by atoms with Crippen LogP contribution < -0.4 is 15.2 Å². The lowest BCUT2D eigenvalue weighted by Gasteiger charge is -2.26. The molecule has 1 aliphatic rings. The Bertz CT molecular complexity index is 432. The van der Waals surface area contributed by atoms with Crippen molar-refractivity contribution in [3.63, 3.8) is 0 Å². The Morgan fingerprint density at radius 2 is 1.95 bits per heavy atom. The van der Waals surface area contributed by atoms with E-state index < -0.39 is 0 Å². The first-order valence-corrected chi connectivity index (χ1v) is 7.89. The third kappa shape index (κ3) is 5.42. The zero-order chi connectivity index (χ0) is 15.1. The van der Waals surface area contributed by atoms with Crippen molar-refractivity contribution >= 4 is 5.69 Å². The van der Waals surface area contributed by atoms with Crippen molar-refractivity contribution in [1.29, 1.82) is 0 Å². The molecule has 1 fully saturated rings. The fraction of sp³-hybridized carbons (Fsp3) is 0.688. The fourth-order valence-corrected chi connectivity index (χ4v) is 2.34. The summed E-state index contributed by atoms with van der Waals surface area (Å²) in [6.45, 7) is 8.76. The number of nitrogens with two attached hydrogens (primary N) is 1. The van der Waals surface area contributed by atoms with Crippen molar-refractivity contribution in [2.75, 3.05) is 38.6 Å². The summed E-state index contributed by atoms with van der Waals surface area (Å²) in [5.41, 5.74) is 6.42. The molecule has 0 bridgehead atoms. The molecule has 0 atom stereocenters. The zero-order valence-corrected chi connectivity index (χ0v) is 13.2. The predicted octanol–water partition coefficient (Wildman–Crippen LogP) is 2.56. The summed E-state index contributed by atoms with van der Waals surface area (Å²) in [6.07, 6.45) is 3.95. The summed E-state index contributed by atoms with van der Waals surface area (Å²) in [4.78, 5) is 6.78.